The maximum atomic E-state index is 13.2. The standard InChI is InChI=1S/C30H16N2O10S/c33-25(15-1-11-21-23(13-15)29(37)41-27(21)35)31-17-3-7-19(8-4-17)43(39,40)20-9-5-18(6-10-20)32-26(34)16-2-12-22-24(14-16)30(38)42-28(22)36/h1-14H,(H,31,33)(H,32,34). The number of ether oxygens (including phenoxy) is 2. The van der Waals surface area contributed by atoms with E-state index in [2.05, 4.69) is 20.1 Å². The number of anilines is 2. The molecule has 2 N–H and O–H groups in total. The van der Waals surface area contributed by atoms with Crippen LogP contribution >= 0.6 is 0 Å². The molecule has 43 heavy (non-hydrogen) atoms. The maximum Gasteiger partial charge on any atom is 0.346 e. The van der Waals surface area contributed by atoms with E-state index in [0.717, 1.165) is 0 Å². The van der Waals surface area contributed by atoms with Crippen LogP contribution in [-0.4, -0.2) is 44.1 Å². The molecule has 0 aliphatic carbocycles. The van der Waals surface area contributed by atoms with Crippen molar-refractivity contribution in [1.29, 1.82) is 0 Å². The van der Waals surface area contributed by atoms with Gasteiger partial charge in [0.2, 0.25) is 9.84 Å². The van der Waals surface area contributed by atoms with Crippen molar-refractivity contribution < 1.29 is 46.7 Å². The summed E-state index contributed by atoms with van der Waals surface area (Å²) < 4.78 is 35.4. The van der Waals surface area contributed by atoms with Crippen LogP contribution in [0.25, 0.3) is 0 Å². The number of amides is 2. The number of sulfone groups is 1. The fraction of sp³-hybridized carbons (Fsp3) is 0. The van der Waals surface area contributed by atoms with Gasteiger partial charge in [0.15, 0.2) is 0 Å². The van der Waals surface area contributed by atoms with Crippen molar-refractivity contribution in [2.45, 2.75) is 9.79 Å². The van der Waals surface area contributed by atoms with Crippen LogP contribution in [-0.2, 0) is 19.3 Å². The normalized spacial score (nSPS) is 13.6. The van der Waals surface area contributed by atoms with Crippen LogP contribution in [0.5, 0.6) is 0 Å². The molecule has 0 fully saturated rings. The topological polar surface area (TPSA) is 179 Å². The highest BCUT2D eigenvalue weighted by Gasteiger charge is 2.31. The summed E-state index contributed by atoms with van der Waals surface area (Å²) in [7, 11) is -3.96. The monoisotopic (exact) mass is 596 g/mol. The van der Waals surface area contributed by atoms with Gasteiger partial charge in [-0.1, -0.05) is 0 Å². The first-order valence-electron chi connectivity index (χ1n) is 12.4. The van der Waals surface area contributed by atoms with Crippen molar-refractivity contribution in [1.82, 2.24) is 0 Å². The molecule has 0 aromatic heterocycles. The predicted octanol–water partition coefficient (Wildman–Crippen LogP) is 3.65. The molecule has 212 valence electrons. The molecule has 2 aliphatic rings. The van der Waals surface area contributed by atoms with Crippen LogP contribution in [0.15, 0.2) is 94.7 Å². The third-order valence-corrected chi connectivity index (χ3v) is 8.44. The van der Waals surface area contributed by atoms with E-state index >= 15 is 0 Å². The van der Waals surface area contributed by atoms with Gasteiger partial charge in [-0.25, -0.2) is 27.6 Å². The van der Waals surface area contributed by atoms with E-state index in [4.69, 9.17) is 0 Å². The van der Waals surface area contributed by atoms with E-state index in [1.54, 1.807) is 0 Å². The predicted molar refractivity (Wildman–Crippen MR) is 147 cm³/mol. The summed E-state index contributed by atoms with van der Waals surface area (Å²) in [6.07, 6.45) is 0. The highest BCUT2D eigenvalue weighted by Crippen LogP contribution is 2.26. The Morgan fingerprint density at radius 3 is 1.21 bits per heavy atom. The van der Waals surface area contributed by atoms with Crippen molar-refractivity contribution in [2.24, 2.45) is 0 Å². The van der Waals surface area contributed by atoms with Gasteiger partial charge in [-0.05, 0) is 84.9 Å². The minimum atomic E-state index is -3.96. The van der Waals surface area contributed by atoms with Crippen molar-refractivity contribution >= 4 is 56.9 Å². The number of cyclic esters (lactones) is 4. The zero-order chi connectivity index (χ0) is 30.5. The van der Waals surface area contributed by atoms with Gasteiger partial charge in [-0.2, -0.15) is 0 Å². The van der Waals surface area contributed by atoms with Crippen LogP contribution in [0, 0.1) is 0 Å². The Morgan fingerprint density at radius 1 is 0.488 bits per heavy atom. The van der Waals surface area contributed by atoms with Crippen LogP contribution in [0.4, 0.5) is 11.4 Å². The van der Waals surface area contributed by atoms with Gasteiger partial charge in [0.1, 0.15) is 0 Å². The van der Waals surface area contributed by atoms with Crippen LogP contribution in [0.2, 0.25) is 0 Å². The molecule has 13 heteroatoms. The fourth-order valence-electron chi connectivity index (χ4n) is 4.43. The first-order valence-corrected chi connectivity index (χ1v) is 13.9. The second kappa shape index (κ2) is 10.2. The van der Waals surface area contributed by atoms with Crippen molar-refractivity contribution in [3.8, 4) is 0 Å². The van der Waals surface area contributed by atoms with E-state index < -0.39 is 45.5 Å². The molecule has 0 atom stereocenters. The van der Waals surface area contributed by atoms with E-state index in [1.807, 2.05) is 0 Å². The number of fused-ring (bicyclic) bond motifs is 2. The second-order valence-corrected chi connectivity index (χ2v) is 11.3. The van der Waals surface area contributed by atoms with Crippen molar-refractivity contribution in [3.05, 3.63) is 118 Å². The van der Waals surface area contributed by atoms with Gasteiger partial charge in [0.25, 0.3) is 11.8 Å². The Morgan fingerprint density at radius 2 is 0.837 bits per heavy atom. The Kier molecular flexibility index (Phi) is 6.43. The molecule has 4 aromatic rings. The average molecular weight is 597 g/mol. The zero-order valence-electron chi connectivity index (χ0n) is 21.6. The summed E-state index contributed by atoms with van der Waals surface area (Å²) >= 11 is 0. The quantitative estimate of drug-likeness (QED) is 0.246. The number of carbonyl (C=O) groups is 6. The number of nitrogens with one attached hydrogen (secondary N) is 2. The summed E-state index contributed by atoms with van der Waals surface area (Å²) in [6, 6.07) is 18.7. The minimum absolute atomic E-state index is 0.0165. The zero-order valence-corrected chi connectivity index (χ0v) is 22.4. The largest absolute Gasteiger partial charge is 0.386 e. The molecular weight excluding hydrogens is 580 g/mol. The summed E-state index contributed by atoms with van der Waals surface area (Å²) in [5.41, 5.74) is 0.867. The molecule has 0 saturated carbocycles. The van der Waals surface area contributed by atoms with Crippen molar-refractivity contribution in [2.75, 3.05) is 10.6 Å². The fourth-order valence-corrected chi connectivity index (χ4v) is 5.69. The molecular formula is C30H16N2O10S. The Labute approximate surface area is 242 Å². The van der Waals surface area contributed by atoms with Gasteiger partial charge in [-0.3, -0.25) is 9.59 Å². The Hall–Kier alpha value is -5.95. The summed E-state index contributed by atoms with van der Waals surface area (Å²) in [5, 5.41) is 5.20. The van der Waals surface area contributed by atoms with E-state index in [1.165, 1.54) is 84.9 Å². The second-order valence-electron chi connectivity index (χ2n) is 9.34. The van der Waals surface area contributed by atoms with Gasteiger partial charge in [-0.15, -0.1) is 0 Å². The van der Waals surface area contributed by atoms with Gasteiger partial charge in [0, 0.05) is 22.5 Å². The van der Waals surface area contributed by atoms with Gasteiger partial charge < -0.3 is 20.1 Å². The summed E-state index contributed by atoms with van der Waals surface area (Å²) in [6.45, 7) is 0. The molecule has 0 unspecified atom stereocenters. The lowest BCUT2D eigenvalue weighted by Gasteiger charge is -2.10. The smallest absolute Gasteiger partial charge is 0.346 e. The number of hydrogen-bond donors (Lipinski definition) is 2. The van der Waals surface area contributed by atoms with Gasteiger partial charge in [0.05, 0.1) is 32.0 Å². The molecule has 2 amide bonds. The number of hydrogen-bond acceptors (Lipinski definition) is 10. The number of esters is 4. The molecule has 0 bridgehead atoms. The molecule has 6 rings (SSSR count). The van der Waals surface area contributed by atoms with Gasteiger partial charge >= 0.3 is 23.9 Å². The third-order valence-electron chi connectivity index (χ3n) is 6.66. The Bertz CT molecular complexity index is 1890. The molecule has 0 spiro atoms. The molecule has 2 aliphatic heterocycles. The SMILES string of the molecule is O=C(Nc1ccc(S(=O)(=O)c2ccc(NC(=O)c3ccc4c(c3)C(=O)OC4=O)cc2)cc1)c1ccc2c(c1)C(=O)OC2=O. The molecule has 2 heterocycles. The van der Waals surface area contributed by atoms with Crippen LogP contribution in [0.1, 0.15) is 62.1 Å². The van der Waals surface area contributed by atoms with E-state index in [0.29, 0.717) is 0 Å². The number of carbonyl (C=O) groups excluding carboxylic acids is 6. The lowest BCUT2D eigenvalue weighted by atomic mass is 10.1. The maximum absolute atomic E-state index is 13.2. The number of rotatable bonds is 6. The van der Waals surface area contributed by atoms with E-state index in [9.17, 15) is 37.2 Å². The molecule has 0 radical (unpaired) electrons. The Balaban J connectivity index is 1.12. The summed E-state index contributed by atoms with van der Waals surface area (Å²) in [4.78, 5) is 71.9. The number of benzene rings is 4. The first-order chi connectivity index (χ1) is 20.5. The average Bonchev–Trinajstić information content (AvgIpc) is 3.45. The van der Waals surface area contributed by atoms with E-state index in [-0.39, 0.29) is 54.5 Å². The van der Waals surface area contributed by atoms with Crippen molar-refractivity contribution in [3.63, 3.8) is 0 Å². The van der Waals surface area contributed by atoms with Crippen LogP contribution in [0.3, 0.4) is 0 Å². The minimum Gasteiger partial charge on any atom is -0.386 e. The molecule has 12 nitrogen and oxygen atoms in total. The third kappa shape index (κ3) is 4.93. The summed E-state index contributed by atoms with van der Waals surface area (Å²) in [5.74, 6) is -4.43. The van der Waals surface area contributed by atoms with Crippen LogP contribution < -0.4 is 10.6 Å². The highest BCUT2D eigenvalue weighted by atomic mass is 32.2. The highest BCUT2D eigenvalue weighted by molar-refractivity contribution is 7.91. The first kappa shape index (κ1) is 27.2. The molecule has 0 saturated heterocycles. The lowest BCUT2D eigenvalue weighted by Crippen LogP contribution is -2.13. The lowest BCUT2D eigenvalue weighted by molar-refractivity contribution is 0.0425. The molecule has 4 aromatic carbocycles.